The fourth-order valence-electron chi connectivity index (χ4n) is 4.58. The van der Waals surface area contributed by atoms with Crippen molar-refractivity contribution in [3.63, 3.8) is 0 Å². The third-order valence-electron chi connectivity index (χ3n) is 6.31. The maximum atomic E-state index is 15.3. The highest BCUT2D eigenvalue weighted by atomic mass is 19.1. The third-order valence-corrected chi connectivity index (χ3v) is 6.31. The van der Waals surface area contributed by atoms with E-state index >= 15 is 4.39 Å². The molecule has 1 aromatic carbocycles. The van der Waals surface area contributed by atoms with Crippen LogP contribution in [0.2, 0.25) is 0 Å². The van der Waals surface area contributed by atoms with Gasteiger partial charge in [0.15, 0.2) is 0 Å². The molecular formula is C24H27F2N7O4. The largest absolute Gasteiger partial charge is 0.459 e. The van der Waals surface area contributed by atoms with Gasteiger partial charge in [-0.25, -0.2) is 18.8 Å². The zero-order chi connectivity index (χ0) is 26.7. The number of nitrogens with zero attached hydrogens (tertiary/aromatic N) is 5. The fourth-order valence-corrected chi connectivity index (χ4v) is 4.58. The Morgan fingerprint density at radius 3 is 2.95 bits per heavy atom. The summed E-state index contributed by atoms with van der Waals surface area (Å²) >= 11 is 0. The van der Waals surface area contributed by atoms with Gasteiger partial charge in [0.25, 0.3) is 11.9 Å². The number of anilines is 1. The van der Waals surface area contributed by atoms with Gasteiger partial charge in [0, 0.05) is 30.1 Å². The maximum Gasteiger partial charge on any atom is 0.283 e. The summed E-state index contributed by atoms with van der Waals surface area (Å²) in [7, 11) is 1.79. The lowest BCUT2D eigenvalue weighted by molar-refractivity contribution is -0.110. The summed E-state index contributed by atoms with van der Waals surface area (Å²) in [4.78, 5) is 24.6. The van der Waals surface area contributed by atoms with Crippen LogP contribution in [0, 0.1) is 11.7 Å². The van der Waals surface area contributed by atoms with E-state index in [0.29, 0.717) is 5.69 Å². The highest BCUT2D eigenvalue weighted by Gasteiger charge is 2.55. The van der Waals surface area contributed by atoms with E-state index in [1.165, 1.54) is 25.1 Å². The molecule has 2 aliphatic heterocycles. The molecule has 1 amide bonds. The molecule has 196 valence electrons. The zero-order valence-electron chi connectivity index (χ0n) is 20.5. The van der Waals surface area contributed by atoms with Crippen LogP contribution in [0.15, 0.2) is 57.7 Å². The average Bonchev–Trinajstić information content (AvgIpc) is 3.48. The van der Waals surface area contributed by atoms with E-state index in [4.69, 9.17) is 15.2 Å². The van der Waals surface area contributed by atoms with Crippen molar-refractivity contribution in [2.24, 2.45) is 33.7 Å². The first kappa shape index (κ1) is 25.9. The number of nitrogens with two attached hydrogens (primary N) is 1. The molecule has 4 rings (SSSR count). The van der Waals surface area contributed by atoms with Crippen LogP contribution in [-0.2, 0) is 31.6 Å². The van der Waals surface area contributed by atoms with Crippen LogP contribution in [-0.4, -0.2) is 53.7 Å². The number of amides is 1. The Morgan fingerprint density at radius 1 is 1.49 bits per heavy atom. The van der Waals surface area contributed by atoms with Crippen molar-refractivity contribution in [1.29, 1.82) is 0 Å². The van der Waals surface area contributed by atoms with Crippen LogP contribution in [0.4, 0.5) is 14.5 Å². The lowest BCUT2D eigenvalue weighted by Gasteiger charge is -2.41. The Bertz CT molecular complexity index is 1290. The van der Waals surface area contributed by atoms with Crippen LogP contribution in [0.3, 0.4) is 0 Å². The summed E-state index contributed by atoms with van der Waals surface area (Å²) in [6.07, 6.45) is 3.64. The lowest BCUT2D eigenvalue weighted by atomic mass is 9.73. The molecule has 1 aromatic heterocycles. The topological polar surface area (TPSA) is 138 Å². The van der Waals surface area contributed by atoms with Crippen molar-refractivity contribution >= 4 is 30.0 Å². The van der Waals surface area contributed by atoms with Crippen LogP contribution in [0.25, 0.3) is 0 Å². The number of amidine groups is 1. The highest BCUT2D eigenvalue weighted by Crippen LogP contribution is 2.51. The van der Waals surface area contributed by atoms with Gasteiger partial charge in [0.2, 0.25) is 12.7 Å². The fraction of sp³-hybridized carbons (Fsp3) is 0.375. The van der Waals surface area contributed by atoms with E-state index in [0.717, 1.165) is 11.8 Å². The molecule has 13 heteroatoms. The van der Waals surface area contributed by atoms with Crippen LogP contribution in [0.5, 0.6) is 0 Å². The predicted molar refractivity (Wildman–Crippen MR) is 132 cm³/mol. The Morgan fingerprint density at radius 2 is 2.27 bits per heavy atom. The van der Waals surface area contributed by atoms with E-state index in [9.17, 15) is 9.18 Å². The average molecular weight is 516 g/mol. The van der Waals surface area contributed by atoms with E-state index in [1.807, 2.05) is 6.20 Å². The SMILES string of the molecule is C=N/C(=C\N=C(/C)C(=O)Nc1ccc(F)c([C@@]2(C)N=C(N)O[C@@H]3COC(c4cnn(C)c4)C32)c1)OCF. The first-order valence-corrected chi connectivity index (χ1v) is 11.3. The number of alkyl halides is 1. The molecule has 3 N–H and O–H groups in total. The molecule has 0 radical (unpaired) electrons. The van der Waals surface area contributed by atoms with Crippen molar-refractivity contribution in [2.45, 2.75) is 31.6 Å². The van der Waals surface area contributed by atoms with Crippen molar-refractivity contribution in [3.8, 4) is 0 Å². The first-order valence-electron chi connectivity index (χ1n) is 11.3. The number of aryl methyl sites for hydroxylation is 1. The number of hydrogen-bond acceptors (Lipinski definition) is 9. The van der Waals surface area contributed by atoms with Gasteiger partial charge in [0.05, 0.1) is 31.0 Å². The minimum absolute atomic E-state index is 0.0231. The molecule has 1 fully saturated rings. The van der Waals surface area contributed by atoms with Gasteiger partial charge in [0.1, 0.15) is 23.2 Å². The minimum Gasteiger partial charge on any atom is -0.459 e. The van der Waals surface area contributed by atoms with Crippen molar-refractivity contribution in [2.75, 3.05) is 18.8 Å². The second-order valence-electron chi connectivity index (χ2n) is 8.72. The Labute approximate surface area is 211 Å². The second-order valence-corrected chi connectivity index (χ2v) is 8.72. The normalized spacial score (nSPS) is 25.6. The summed E-state index contributed by atoms with van der Waals surface area (Å²) in [5, 5.41) is 6.89. The third kappa shape index (κ3) is 5.21. The summed E-state index contributed by atoms with van der Waals surface area (Å²) in [5.41, 5.74) is 6.13. The monoisotopic (exact) mass is 515 g/mol. The van der Waals surface area contributed by atoms with Crippen LogP contribution < -0.4 is 11.1 Å². The minimum atomic E-state index is -1.19. The molecule has 0 saturated carbocycles. The van der Waals surface area contributed by atoms with Crippen molar-refractivity contribution in [1.82, 2.24) is 9.78 Å². The summed E-state index contributed by atoms with van der Waals surface area (Å²) < 4.78 is 45.7. The number of nitrogens with one attached hydrogen (secondary N) is 1. The summed E-state index contributed by atoms with van der Waals surface area (Å²) in [6.45, 7) is 5.56. The second kappa shape index (κ2) is 10.5. The molecule has 2 aromatic rings. The number of aromatic nitrogens is 2. The highest BCUT2D eigenvalue weighted by molar-refractivity contribution is 6.42. The van der Waals surface area contributed by atoms with Crippen molar-refractivity contribution in [3.05, 3.63) is 59.6 Å². The Kier molecular flexibility index (Phi) is 7.34. The van der Waals surface area contributed by atoms with Gasteiger partial charge in [-0.1, -0.05) is 0 Å². The zero-order valence-corrected chi connectivity index (χ0v) is 20.5. The Balaban J connectivity index is 1.66. The number of fused-ring (bicyclic) bond motifs is 1. The molecule has 2 aliphatic rings. The molecule has 0 aliphatic carbocycles. The molecule has 2 unspecified atom stereocenters. The van der Waals surface area contributed by atoms with E-state index in [1.54, 1.807) is 24.9 Å². The number of ether oxygens (including phenoxy) is 3. The summed E-state index contributed by atoms with van der Waals surface area (Å²) in [5.74, 6) is -1.72. The van der Waals surface area contributed by atoms with Gasteiger partial charge in [-0.2, -0.15) is 5.10 Å². The van der Waals surface area contributed by atoms with Gasteiger partial charge >= 0.3 is 0 Å². The molecule has 4 atom stereocenters. The summed E-state index contributed by atoms with van der Waals surface area (Å²) in [6, 6.07) is 4.07. The smallest absolute Gasteiger partial charge is 0.283 e. The van der Waals surface area contributed by atoms with Crippen molar-refractivity contribution < 1.29 is 27.8 Å². The van der Waals surface area contributed by atoms with Gasteiger partial charge in [-0.3, -0.25) is 14.5 Å². The molecular weight excluding hydrogens is 488 g/mol. The van der Waals surface area contributed by atoms with Crippen LogP contribution >= 0.6 is 0 Å². The molecule has 11 nitrogen and oxygen atoms in total. The quantitative estimate of drug-likeness (QED) is 0.410. The number of carbonyl (C=O) groups is 1. The molecule has 0 spiro atoms. The molecule has 37 heavy (non-hydrogen) atoms. The van der Waals surface area contributed by atoms with E-state index in [-0.39, 0.29) is 29.8 Å². The molecule has 3 heterocycles. The van der Waals surface area contributed by atoms with Crippen LogP contribution in [0.1, 0.15) is 31.1 Å². The standard InChI is InChI=1S/C24H27F2N7O4/c1-13(29-9-19(28-3)36-12-25)22(34)31-15-5-6-17(26)16(7-15)24(2)20-18(37-23(27)32-24)11-35-21(20)14-8-30-33(4)10-14/h5-10,18,20-21H,3,11-12H2,1-2,4H3,(H2,27,32)(H,31,34)/b19-9+,29-13+/t18-,20?,21?,24-/m1/s1. The number of halogens is 2. The number of carbonyl (C=O) groups excluding carboxylic acids is 1. The number of hydrogen-bond donors (Lipinski definition) is 2. The number of rotatable bonds is 8. The maximum absolute atomic E-state index is 15.3. The van der Waals surface area contributed by atoms with E-state index < -0.39 is 42.2 Å². The number of aliphatic imine (C=N–C) groups is 3. The predicted octanol–water partition coefficient (Wildman–Crippen LogP) is 2.72. The number of benzene rings is 1. The lowest BCUT2D eigenvalue weighted by Crippen LogP contribution is -2.48. The van der Waals surface area contributed by atoms with Gasteiger partial charge < -0.3 is 25.3 Å². The molecule has 1 saturated heterocycles. The van der Waals surface area contributed by atoms with Gasteiger partial charge in [-0.05, 0) is 38.8 Å². The van der Waals surface area contributed by atoms with Gasteiger partial charge in [-0.15, -0.1) is 0 Å². The molecule has 0 bridgehead atoms. The van der Waals surface area contributed by atoms with E-state index in [2.05, 4.69) is 36.8 Å². The Hall–Kier alpha value is -4.13. The first-order chi connectivity index (χ1) is 17.7.